The zero-order valence-corrected chi connectivity index (χ0v) is 10.9. The average molecular weight is 250 g/mol. The second-order valence-corrected chi connectivity index (χ2v) is 5.86. The van der Waals surface area contributed by atoms with Crippen molar-refractivity contribution >= 4 is 29.3 Å². The largest absolute Gasteiger partial charge is 0.356 e. The molecule has 1 amide bonds. The lowest BCUT2D eigenvalue weighted by Crippen LogP contribution is -2.31. The first-order valence-electron chi connectivity index (χ1n) is 5.62. The van der Waals surface area contributed by atoms with Crippen LogP contribution in [-0.2, 0) is 4.79 Å². The summed E-state index contributed by atoms with van der Waals surface area (Å²) in [7, 11) is 0. The highest BCUT2D eigenvalue weighted by Crippen LogP contribution is 2.24. The van der Waals surface area contributed by atoms with Gasteiger partial charge in [-0.15, -0.1) is 11.6 Å². The van der Waals surface area contributed by atoms with Crippen molar-refractivity contribution in [3.8, 4) is 0 Å². The minimum Gasteiger partial charge on any atom is -0.356 e. The number of rotatable bonds is 5. The van der Waals surface area contributed by atoms with Gasteiger partial charge in [-0.2, -0.15) is 11.8 Å². The van der Waals surface area contributed by atoms with Gasteiger partial charge in [0.2, 0.25) is 5.91 Å². The lowest BCUT2D eigenvalue weighted by molar-refractivity contribution is -0.122. The van der Waals surface area contributed by atoms with Crippen molar-refractivity contribution in [2.45, 2.75) is 26.2 Å². The van der Waals surface area contributed by atoms with Gasteiger partial charge >= 0.3 is 0 Å². The molecule has 4 heteroatoms. The van der Waals surface area contributed by atoms with Crippen LogP contribution in [0.4, 0.5) is 0 Å². The van der Waals surface area contributed by atoms with E-state index < -0.39 is 0 Å². The molecule has 1 fully saturated rings. The van der Waals surface area contributed by atoms with Crippen molar-refractivity contribution in [1.29, 1.82) is 0 Å². The molecule has 1 saturated heterocycles. The Morgan fingerprint density at radius 2 is 2.20 bits per heavy atom. The van der Waals surface area contributed by atoms with Crippen LogP contribution in [0.2, 0.25) is 0 Å². The molecule has 0 spiro atoms. The van der Waals surface area contributed by atoms with Gasteiger partial charge in [-0.1, -0.05) is 6.92 Å². The number of amides is 1. The van der Waals surface area contributed by atoms with Crippen LogP contribution in [0.5, 0.6) is 0 Å². The molecule has 0 saturated carbocycles. The first-order valence-corrected chi connectivity index (χ1v) is 7.31. The normalized spacial score (nSPS) is 19.9. The topological polar surface area (TPSA) is 29.1 Å². The third-order valence-corrected chi connectivity index (χ3v) is 4.30. The quantitative estimate of drug-likeness (QED) is 0.759. The number of carbonyl (C=O) groups excluding carboxylic acids is 1. The van der Waals surface area contributed by atoms with Crippen molar-refractivity contribution in [2.75, 3.05) is 23.9 Å². The zero-order valence-electron chi connectivity index (χ0n) is 9.30. The van der Waals surface area contributed by atoms with Gasteiger partial charge in [-0.05, 0) is 36.2 Å². The zero-order chi connectivity index (χ0) is 11.1. The van der Waals surface area contributed by atoms with Gasteiger partial charge in [0, 0.05) is 18.8 Å². The summed E-state index contributed by atoms with van der Waals surface area (Å²) < 4.78 is 0. The number of carbonyl (C=O) groups is 1. The van der Waals surface area contributed by atoms with Gasteiger partial charge < -0.3 is 5.32 Å². The number of nitrogens with one attached hydrogen (secondary N) is 1. The summed E-state index contributed by atoms with van der Waals surface area (Å²) in [6, 6.07) is 0. The van der Waals surface area contributed by atoms with Gasteiger partial charge in [-0.25, -0.2) is 0 Å². The highest BCUT2D eigenvalue weighted by molar-refractivity contribution is 7.99. The molecule has 1 aliphatic rings. The van der Waals surface area contributed by atoms with Crippen LogP contribution < -0.4 is 5.32 Å². The van der Waals surface area contributed by atoms with Gasteiger partial charge in [-0.3, -0.25) is 4.79 Å². The maximum Gasteiger partial charge on any atom is 0.220 e. The number of hydrogen-bond donors (Lipinski definition) is 1. The second kappa shape index (κ2) is 7.39. The summed E-state index contributed by atoms with van der Waals surface area (Å²) >= 11 is 7.67. The summed E-state index contributed by atoms with van der Waals surface area (Å²) in [6.45, 7) is 2.76. The number of halogens is 1. The van der Waals surface area contributed by atoms with E-state index in [1.807, 2.05) is 18.7 Å². The van der Waals surface area contributed by atoms with Crippen LogP contribution in [-0.4, -0.2) is 29.8 Å². The van der Waals surface area contributed by atoms with E-state index in [1.165, 1.54) is 24.3 Å². The van der Waals surface area contributed by atoms with Crippen LogP contribution >= 0.6 is 23.4 Å². The Bertz CT molecular complexity index is 195. The van der Waals surface area contributed by atoms with E-state index in [-0.39, 0.29) is 5.91 Å². The molecule has 15 heavy (non-hydrogen) atoms. The summed E-state index contributed by atoms with van der Waals surface area (Å²) in [5, 5.41) is 2.95. The van der Waals surface area contributed by atoms with Crippen LogP contribution in [0.25, 0.3) is 0 Å². The maximum atomic E-state index is 11.6. The lowest BCUT2D eigenvalue weighted by atomic mass is 9.98. The molecule has 1 heterocycles. The van der Waals surface area contributed by atoms with Crippen LogP contribution in [0.3, 0.4) is 0 Å². The van der Waals surface area contributed by atoms with Crippen molar-refractivity contribution in [3.63, 3.8) is 0 Å². The van der Waals surface area contributed by atoms with E-state index in [4.69, 9.17) is 11.6 Å². The third kappa shape index (κ3) is 5.67. The lowest BCUT2D eigenvalue weighted by Gasteiger charge is -2.21. The Morgan fingerprint density at radius 3 is 2.80 bits per heavy atom. The second-order valence-electron chi connectivity index (χ2n) is 4.32. The van der Waals surface area contributed by atoms with E-state index in [9.17, 15) is 4.79 Å². The van der Waals surface area contributed by atoms with Crippen LogP contribution in [0, 0.1) is 11.8 Å². The number of alkyl halides is 1. The van der Waals surface area contributed by atoms with Crippen molar-refractivity contribution in [3.05, 3.63) is 0 Å². The highest BCUT2D eigenvalue weighted by Gasteiger charge is 2.17. The molecule has 0 aromatic carbocycles. The number of thioether (sulfide) groups is 1. The molecule has 0 aliphatic carbocycles. The maximum absolute atomic E-state index is 11.6. The van der Waals surface area contributed by atoms with E-state index in [2.05, 4.69) is 5.32 Å². The molecule has 0 aromatic rings. The monoisotopic (exact) mass is 249 g/mol. The predicted molar refractivity (Wildman–Crippen MR) is 67.6 cm³/mol. The van der Waals surface area contributed by atoms with Crippen molar-refractivity contribution in [1.82, 2.24) is 5.32 Å². The Morgan fingerprint density at radius 1 is 1.53 bits per heavy atom. The summed E-state index contributed by atoms with van der Waals surface area (Å²) in [5.74, 6) is 4.23. The molecule has 0 aromatic heterocycles. The smallest absolute Gasteiger partial charge is 0.220 e. The van der Waals surface area contributed by atoms with Gasteiger partial charge in [0.25, 0.3) is 0 Å². The van der Waals surface area contributed by atoms with E-state index in [0.29, 0.717) is 30.7 Å². The van der Waals surface area contributed by atoms with E-state index in [1.54, 1.807) is 0 Å². The first-order chi connectivity index (χ1) is 7.22. The molecule has 1 unspecified atom stereocenters. The van der Waals surface area contributed by atoms with Crippen molar-refractivity contribution in [2.24, 2.45) is 11.8 Å². The first kappa shape index (κ1) is 13.2. The molecule has 0 bridgehead atoms. The summed E-state index contributed by atoms with van der Waals surface area (Å²) in [4.78, 5) is 11.6. The Kier molecular flexibility index (Phi) is 6.50. The Hall–Kier alpha value is 0.110. The van der Waals surface area contributed by atoms with E-state index >= 15 is 0 Å². The van der Waals surface area contributed by atoms with Gasteiger partial charge in [0.05, 0.1) is 0 Å². The highest BCUT2D eigenvalue weighted by atomic mass is 35.5. The molecule has 2 nitrogen and oxygen atoms in total. The summed E-state index contributed by atoms with van der Waals surface area (Å²) in [5.41, 5.74) is 0. The Balaban J connectivity index is 2.11. The van der Waals surface area contributed by atoms with Crippen LogP contribution in [0.1, 0.15) is 26.2 Å². The molecular formula is C11H20ClNOS. The van der Waals surface area contributed by atoms with Crippen molar-refractivity contribution < 1.29 is 4.79 Å². The molecule has 88 valence electrons. The fraction of sp³-hybridized carbons (Fsp3) is 0.909. The fourth-order valence-corrected chi connectivity index (χ4v) is 2.94. The van der Waals surface area contributed by atoms with Crippen LogP contribution in [0.15, 0.2) is 0 Å². The molecule has 1 rings (SSSR count). The average Bonchev–Trinajstić information content (AvgIpc) is 2.27. The predicted octanol–water partition coefficient (Wildman–Crippen LogP) is 2.51. The fourth-order valence-electron chi connectivity index (χ4n) is 1.63. The Labute approximate surface area is 102 Å². The minimum atomic E-state index is 0.198. The molecule has 1 atom stereocenters. The van der Waals surface area contributed by atoms with Gasteiger partial charge in [0.1, 0.15) is 0 Å². The third-order valence-electron chi connectivity index (χ3n) is 2.73. The number of hydrogen-bond acceptors (Lipinski definition) is 2. The van der Waals surface area contributed by atoms with E-state index in [0.717, 1.165) is 0 Å². The minimum absolute atomic E-state index is 0.198. The SMILES string of the molecule is CC(CCl)CNC(=O)CC1CCSCC1. The standard InChI is InChI=1S/C11H20ClNOS/c1-9(7-12)8-13-11(14)6-10-2-4-15-5-3-10/h9-10H,2-8H2,1H3,(H,13,14). The molecular weight excluding hydrogens is 230 g/mol. The summed E-state index contributed by atoms with van der Waals surface area (Å²) in [6.07, 6.45) is 3.10. The molecule has 0 radical (unpaired) electrons. The van der Waals surface area contributed by atoms with Gasteiger partial charge in [0.15, 0.2) is 0 Å². The molecule has 1 N–H and O–H groups in total. The molecule has 1 aliphatic heterocycles.